The van der Waals surface area contributed by atoms with Gasteiger partial charge in [-0.05, 0) is 25.5 Å². The van der Waals surface area contributed by atoms with Gasteiger partial charge < -0.3 is 5.11 Å². The number of hydrogen-bond donors (Lipinski definition) is 1. The summed E-state index contributed by atoms with van der Waals surface area (Å²) >= 11 is 6.07. The molecule has 0 fully saturated rings. The predicted molar refractivity (Wildman–Crippen MR) is 71.7 cm³/mol. The van der Waals surface area contributed by atoms with Crippen LogP contribution in [0.25, 0.3) is 10.9 Å². The van der Waals surface area contributed by atoms with Crippen LogP contribution < -0.4 is 0 Å². The maximum absolute atomic E-state index is 11.0. The number of aliphatic hydroxyl groups is 1. The molecule has 1 unspecified atom stereocenters. The van der Waals surface area contributed by atoms with E-state index >= 15 is 0 Å². The highest BCUT2D eigenvalue weighted by Crippen LogP contribution is 2.28. The van der Waals surface area contributed by atoms with Crippen molar-refractivity contribution in [3.8, 4) is 0 Å². The van der Waals surface area contributed by atoms with E-state index in [4.69, 9.17) is 11.6 Å². The Hall–Kier alpha value is -1.45. The van der Waals surface area contributed by atoms with Crippen molar-refractivity contribution in [1.29, 1.82) is 0 Å². The van der Waals surface area contributed by atoms with Crippen LogP contribution in [0.2, 0.25) is 5.15 Å². The number of halogens is 1. The second kappa shape index (κ2) is 5.04. The van der Waals surface area contributed by atoms with Crippen molar-refractivity contribution in [2.24, 2.45) is 0 Å². The molecule has 0 aliphatic carbocycles. The molecule has 2 aromatic rings. The van der Waals surface area contributed by atoms with E-state index in [0.717, 1.165) is 16.5 Å². The molecule has 2 rings (SSSR count). The van der Waals surface area contributed by atoms with E-state index in [-0.39, 0.29) is 17.4 Å². The number of ketones is 1. The normalized spacial score (nSPS) is 12.7. The lowest BCUT2D eigenvalue weighted by molar-refractivity contribution is -0.118. The van der Waals surface area contributed by atoms with Crippen molar-refractivity contribution in [3.05, 3.63) is 40.5 Å². The van der Waals surface area contributed by atoms with Crippen LogP contribution in [0.4, 0.5) is 0 Å². The summed E-state index contributed by atoms with van der Waals surface area (Å²) in [6.45, 7) is 3.40. The quantitative estimate of drug-likeness (QED) is 0.865. The van der Waals surface area contributed by atoms with E-state index in [9.17, 15) is 9.90 Å². The van der Waals surface area contributed by atoms with Gasteiger partial charge in [-0.3, -0.25) is 4.79 Å². The van der Waals surface area contributed by atoms with E-state index in [0.29, 0.717) is 5.56 Å². The Bertz CT molecular complexity index is 610. The summed E-state index contributed by atoms with van der Waals surface area (Å²) in [7, 11) is 0. The fraction of sp³-hybridized carbons (Fsp3) is 0.286. The molecule has 0 amide bonds. The number of pyridine rings is 1. The SMILES string of the molecule is CC(=O)CC(O)c1cc2cccc(C)c2nc1Cl. The first-order valence-corrected chi connectivity index (χ1v) is 6.10. The number of aliphatic hydroxyl groups excluding tert-OH is 1. The van der Waals surface area contributed by atoms with Crippen molar-refractivity contribution >= 4 is 28.3 Å². The summed E-state index contributed by atoms with van der Waals surface area (Å²) in [5, 5.41) is 11.1. The topological polar surface area (TPSA) is 50.2 Å². The molecule has 1 heterocycles. The molecular formula is C14H14ClNO2. The Labute approximate surface area is 110 Å². The van der Waals surface area contributed by atoms with Crippen LogP contribution in [0.1, 0.15) is 30.6 Å². The molecule has 0 bridgehead atoms. The van der Waals surface area contributed by atoms with E-state index < -0.39 is 6.10 Å². The maximum atomic E-state index is 11.0. The summed E-state index contributed by atoms with van der Waals surface area (Å²) in [6, 6.07) is 7.59. The van der Waals surface area contributed by atoms with Crippen LogP contribution in [0.15, 0.2) is 24.3 Å². The number of nitrogens with zero attached hydrogens (tertiary/aromatic N) is 1. The molecular weight excluding hydrogens is 250 g/mol. The van der Waals surface area contributed by atoms with E-state index in [1.807, 2.05) is 25.1 Å². The number of benzene rings is 1. The Morgan fingerprint density at radius 2 is 2.22 bits per heavy atom. The van der Waals surface area contributed by atoms with Crippen LogP contribution in [0, 0.1) is 6.92 Å². The summed E-state index contributed by atoms with van der Waals surface area (Å²) in [4.78, 5) is 15.3. The summed E-state index contributed by atoms with van der Waals surface area (Å²) < 4.78 is 0. The number of carbonyl (C=O) groups excluding carboxylic acids is 1. The van der Waals surface area contributed by atoms with Crippen LogP contribution in [-0.4, -0.2) is 15.9 Å². The lowest BCUT2D eigenvalue weighted by atomic mass is 10.0. The molecule has 94 valence electrons. The fourth-order valence-corrected chi connectivity index (χ4v) is 2.22. The average Bonchev–Trinajstić information content (AvgIpc) is 2.28. The number of aromatic nitrogens is 1. The van der Waals surface area contributed by atoms with Crippen LogP contribution >= 0.6 is 11.6 Å². The number of aryl methyl sites for hydroxylation is 1. The molecule has 1 N–H and O–H groups in total. The highest BCUT2D eigenvalue weighted by Gasteiger charge is 2.16. The average molecular weight is 264 g/mol. The minimum absolute atomic E-state index is 0.0543. The summed E-state index contributed by atoms with van der Waals surface area (Å²) in [6.07, 6.45) is -0.842. The van der Waals surface area contributed by atoms with Crippen LogP contribution in [0.3, 0.4) is 0 Å². The van der Waals surface area contributed by atoms with Gasteiger partial charge in [0.2, 0.25) is 0 Å². The molecule has 0 saturated carbocycles. The smallest absolute Gasteiger partial charge is 0.135 e. The summed E-state index contributed by atoms with van der Waals surface area (Å²) in [5.41, 5.74) is 2.35. The third-order valence-corrected chi connectivity index (χ3v) is 3.17. The fourth-order valence-electron chi connectivity index (χ4n) is 1.96. The van der Waals surface area contributed by atoms with Crippen molar-refractivity contribution < 1.29 is 9.90 Å². The van der Waals surface area contributed by atoms with Gasteiger partial charge in [0.15, 0.2) is 0 Å². The Balaban J connectivity index is 2.53. The largest absolute Gasteiger partial charge is 0.388 e. The molecule has 1 atom stereocenters. The second-order valence-corrected chi connectivity index (χ2v) is 4.79. The zero-order valence-corrected chi connectivity index (χ0v) is 11.0. The summed E-state index contributed by atoms with van der Waals surface area (Å²) in [5.74, 6) is -0.0806. The number of para-hydroxylation sites is 1. The maximum Gasteiger partial charge on any atom is 0.135 e. The van der Waals surface area contributed by atoms with Gasteiger partial charge in [-0.15, -0.1) is 0 Å². The molecule has 0 radical (unpaired) electrons. The molecule has 3 nitrogen and oxygen atoms in total. The lowest BCUT2D eigenvalue weighted by Crippen LogP contribution is -2.05. The van der Waals surface area contributed by atoms with Gasteiger partial charge in [-0.1, -0.05) is 29.8 Å². The van der Waals surface area contributed by atoms with Gasteiger partial charge in [0.05, 0.1) is 11.6 Å². The monoisotopic (exact) mass is 263 g/mol. The first kappa shape index (κ1) is 13.0. The van der Waals surface area contributed by atoms with Crippen molar-refractivity contribution in [2.75, 3.05) is 0 Å². The molecule has 0 saturated heterocycles. The number of carbonyl (C=O) groups is 1. The van der Waals surface area contributed by atoms with Gasteiger partial charge in [0.1, 0.15) is 10.9 Å². The zero-order chi connectivity index (χ0) is 13.3. The van der Waals surface area contributed by atoms with E-state index in [1.54, 1.807) is 6.07 Å². The van der Waals surface area contributed by atoms with Crippen molar-refractivity contribution in [1.82, 2.24) is 4.98 Å². The number of fused-ring (bicyclic) bond motifs is 1. The molecule has 0 aliphatic rings. The standard InChI is InChI=1S/C14H14ClNO2/c1-8-4-3-5-10-7-11(12(18)6-9(2)17)14(15)16-13(8)10/h3-5,7,12,18H,6H2,1-2H3. The Morgan fingerprint density at radius 1 is 1.50 bits per heavy atom. The molecule has 18 heavy (non-hydrogen) atoms. The molecule has 1 aromatic carbocycles. The first-order valence-electron chi connectivity index (χ1n) is 5.72. The molecule has 0 spiro atoms. The Morgan fingerprint density at radius 3 is 2.89 bits per heavy atom. The predicted octanol–water partition coefficient (Wildman–Crippen LogP) is 3.21. The minimum Gasteiger partial charge on any atom is -0.388 e. The van der Waals surface area contributed by atoms with Crippen LogP contribution in [-0.2, 0) is 4.79 Å². The minimum atomic E-state index is -0.896. The highest BCUT2D eigenvalue weighted by atomic mass is 35.5. The lowest BCUT2D eigenvalue weighted by Gasteiger charge is -2.12. The molecule has 0 aliphatic heterocycles. The third kappa shape index (κ3) is 2.52. The molecule has 4 heteroatoms. The zero-order valence-electron chi connectivity index (χ0n) is 10.3. The third-order valence-electron chi connectivity index (χ3n) is 2.87. The van der Waals surface area contributed by atoms with Crippen molar-refractivity contribution in [3.63, 3.8) is 0 Å². The first-order chi connectivity index (χ1) is 8.49. The van der Waals surface area contributed by atoms with Crippen LogP contribution in [0.5, 0.6) is 0 Å². The number of Topliss-reactive ketones (excluding diaryl/α,β-unsaturated/α-hetero) is 1. The van der Waals surface area contributed by atoms with E-state index in [2.05, 4.69) is 4.98 Å². The Kier molecular flexibility index (Phi) is 3.64. The van der Waals surface area contributed by atoms with Gasteiger partial charge in [-0.25, -0.2) is 4.98 Å². The van der Waals surface area contributed by atoms with Gasteiger partial charge >= 0.3 is 0 Å². The highest BCUT2D eigenvalue weighted by molar-refractivity contribution is 6.30. The van der Waals surface area contributed by atoms with E-state index in [1.165, 1.54) is 6.92 Å². The molecule has 1 aromatic heterocycles. The second-order valence-electron chi connectivity index (χ2n) is 4.44. The number of hydrogen-bond acceptors (Lipinski definition) is 3. The number of rotatable bonds is 3. The van der Waals surface area contributed by atoms with Gasteiger partial charge in [-0.2, -0.15) is 0 Å². The van der Waals surface area contributed by atoms with Gasteiger partial charge in [0, 0.05) is 17.4 Å². The van der Waals surface area contributed by atoms with Gasteiger partial charge in [0.25, 0.3) is 0 Å². The van der Waals surface area contributed by atoms with Crippen molar-refractivity contribution in [2.45, 2.75) is 26.4 Å².